The van der Waals surface area contributed by atoms with Crippen LogP contribution in [-0.2, 0) is 16.1 Å². The third kappa shape index (κ3) is 3.69. The number of carbonyl (C=O) groups excluding carboxylic acids is 1. The topological polar surface area (TPSA) is 44.8 Å². The van der Waals surface area contributed by atoms with Gasteiger partial charge in [-0.1, -0.05) is 22.0 Å². The van der Waals surface area contributed by atoms with Gasteiger partial charge < -0.3 is 14.2 Å². The molecule has 0 fully saturated rings. The summed E-state index contributed by atoms with van der Waals surface area (Å²) in [5.74, 6) is 0.996. The summed E-state index contributed by atoms with van der Waals surface area (Å²) in [7, 11) is 0. The Labute approximate surface area is 140 Å². The van der Waals surface area contributed by atoms with Crippen molar-refractivity contribution in [3.8, 4) is 11.5 Å². The molecule has 1 aromatic carbocycles. The standard InChI is InChI=1S/C16H13BrO4S/c17-13-9-15-14(19-5-6-20-15)8-11(13)10-21-16(18)4-3-12-2-1-7-22-12/h1-4,7-9H,5-6,10H2/b4-3+. The first kappa shape index (κ1) is 15.1. The number of carbonyl (C=O) groups is 1. The Kier molecular flexibility index (Phi) is 4.80. The molecule has 1 aliphatic rings. The van der Waals surface area contributed by atoms with E-state index in [1.165, 1.54) is 6.08 Å². The van der Waals surface area contributed by atoms with Crippen LogP contribution in [-0.4, -0.2) is 19.2 Å². The quantitative estimate of drug-likeness (QED) is 0.593. The maximum atomic E-state index is 11.7. The van der Waals surface area contributed by atoms with E-state index in [1.807, 2.05) is 29.6 Å². The van der Waals surface area contributed by atoms with E-state index in [2.05, 4.69) is 15.9 Å². The Bertz CT molecular complexity index is 694. The SMILES string of the molecule is O=C(/C=C/c1cccs1)OCc1cc2c(cc1Br)OCCO2. The summed E-state index contributed by atoms with van der Waals surface area (Å²) in [6.07, 6.45) is 3.17. The highest BCUT2D eigenvalue weighted by molar-refractivity contribution is 9.10. The van der Waals surface area contributed by atoms with Gasteiger partial charge in [0.15, 0.2) is 11.5 Å². The number of rotatable bonds is 4. The lowest BCUT2D eigenvalue weighted by Crippen LogP contribution is -2.15. The van der Waals surface area contributed by atoms with Crippen LogP contribution >= 0.6 is 27.3 Å². The molecule has 1 aliphatic heterocycles. The molecule has 0 aliphatic carbocycles. The van der Waals surface area contributed by atoms with Crippen LogP contribution in [0.4, 0.5) is 0 Å². The number of thiophene rings is 1. The van der Waals surface area contributed by atoms with Crippen molar-refractivity contribution in [3.05, 3.63) is 50.6 Å². The molecule has 0 unspecified atom stereocenters. The van der Waals surface area contributed by atoms with Crippen LogP contribution in [0.3, 0.4) is 0 Å². The molecule has 0 spiro atoms. The van der Waals surface area contributed by atoms with Crippen LogP contribution in [0.5, 0.6) is 11.5 Å². The molecule has 6 heteroatoms. The van der Waals surface area contributed by atoms with Crippen LogP contribution in [0.25, 0.3) is 6.08 Å². The fourth-order valence-corrected chi connectivity index (χ4v) is 3.00. The number of hydrogen-bond donors (Lipinski definition) is 0. The first-order valence-corrected chi connectivity index (χ1v) is 8.36. The average molecular weight is 381 g/mol. The van der Waals surface area contributed by atoms with Gasteiger partial charge in [-0.15, -0.1) is 11.3 Å². The molecule has 114 valence electrons. The van der Waals surface area contributed by atoms with Crippen molar-refractivity contribution in [3.63, 3.8) is 0 Å². The molecule has 0 saturated carbocycles. The summed E-state index contributed by atoms with van der Waals surface area (Å²) in [5.41, 5.74) is 0.835. The summed E-state index contributed by atoms with van der Waals surface area (Å²) in [5, 5.41) is 1.96. The van der Waals surface area contributed by atoms with Gasteiger partial charge in [-0.3, -0.25) is 0 Å². The van der Waals surface area contributed by atoms with Crippen LogP contribution in [0.15, 0.2) is 40.2 Å². The van der Waals surface area contributed by atoms with E-state index in [-0.39, 0.29) is 12.6 Å². The monoisotopic (exact) mass is 380 g/mol. The average Bonchev–Trinajstić information content (AvgIpc) is 3.04. The number of halogens is 1. The summed E-state index contributed by atoms with van der Waals surface area (Å²) >= 11 is 5.02. The smallest absolute Gasteiger partial charge is 0.331 e. The van der Waals surface area contributed by atoms with E-state index in [1.54, 1.807) is 17.4 Å². The van der Waals surface area contributed by atoms with Crippen molar-refractivity contribution >= 4 is 39.3 Å². The predicted octanol–water partition coefficient (Wildman–Crippen LogP) is 4.04. The number of ether oxygens (including phenoxy) is 3. The zero-order chi connectivity index (χ0) is 15.4. The molecular weight excluding hydrogens is 368 g/mol. The molecule has 0 atom stereocenters. The van der Waals surface area contributed by atoms with Crippen LogP contribution in [0.2, 0.25) is 0 Å². The Balaban J connectivity index is 1.62. The Morgan fingerprint density at radius 2 is 2.09 bits per heavy atom. The third-order valence-electron chi connectivity index (χ3n) is 3.01. The second kappa shape index (κ2) is 6.98. The minimum atomic E-state index is -0.379. The van der Waals surface area contributed by atoms with Crippen molar-refractivity contribution in [2.24, 2.45) is 0 Å². The normalized spacial score (nSPS) is 13.3. The van der Waals surface area contributed by atoms with E-state index >= 15 is 0 Å². The van der Waals surface area contributed by atoms with Crippen molar-refractivity contribution < 1.29 is 19.0 Å². The number of hydrogen-bond acceptors (Lipinski definition) is 5. The van der Waals surface area contributed by atoms with Gasteiger partial charge in [-0.2, -0.15) is 0 Å². The summed E-state index contributed by atoms with van der Waals surface area (Å²) in [6.45, 7) is 1.24. The molecule has 0 amide bonds. The summed E-state index contributed by atoms with van der Waals surface area (Å²) in [6, 6.07) is 7.53. The minimum absolute atomic E-state index is 0.171. The molecule has 2 heterocycles. The lowest BCUT2D eigenvalue weighted by atomic mass is 10.2. The molecule has 1 aromatic heterocycles. The van der Waals surface area contributed by atoms with E-state index in [0.717, 1.165) is 14.9 Å². The van der Waals surface area contributed by atoms with Crippen molar-refractivity contribution in [1.82, 2.24) is 0 Å². The second-order valence-corrected chi connectivity index (χ2v) is 6.38. The number of benzene rings is 1. The molecule has 4 nitrogen and oxygen atoms in total. The van der Waals surface area contributed by atoms with Gasteiger partial charge in [-0.25, -0.2) is 4.79 Å². The zero-order valence-electron chi connectivity index (χ0n) is 11.6. The lowest BCUT2D eigenvalue weighted by molar-refractivity contribution is -0.138. The van der Waals surface area contributed by atoms with Crippen LogP contribution < -0.4 is 9.47 Å². The lowest BCUT2D eigenvalue weighted by Gasteiger charge is -2.19. The van der Waals surface area contributed by atoms with Gasteiger partial charge in [0.25, 0.3) is 0 Å². The molecule has 0 bridgehead atoms. The first-order valence-electron chi connectivity index (χ1n) is 6.69. The van der Waals surface area contributed by atoms with Crippen molar-refractivity contribution in [2.45, 2.75) is 6.61 Å². The molecule has 2 aromatic rings. The number of fused-ring (bicyclic) bond motifs is 1. The van der Waals surface area contributed by atoms with Crippen LogP contribution in [0, 0.1) is 0 Å². The highest BCUT2D eigenvalue weighted by Crippen LogP contribution is 2.35. The molecule has 22 heavy (non-hydrogen) atoms. The highest BCUT2D eigenvalue weighted by atomic mass is 79.9. The van der Waals surface area contributed by atoms with Gasteiger partial charge in [0, 0.05) is 21.0 Å². The fraction of sp³-hybridized carbons (Fsp3) is 0.188. The van der Waals surface area contributed by atoms with Gasteiger partial charge in [0.1, 0.15) is 19.8 Å². The largest absolute Gasteiger partial charge is 0.486 e. The zero-order valence-corrected chi connectivity index (χ0v) is 14.0. The van der Waals surface area contributed by atoms with E-state index < -0.39 is 0 Å². The minimum Gasteiger partial charge on any atom is -0.486 e. The summed E-state index contributed by atoms with van der Waals surface area (Å²) in [4.78, 5) is 12.7. The fourth-order valence-electron chi connectivity index (χ4n) is 1.95. The third-order valence-corrected chi connectivity index (χ3v) is 4.58. The van der Waals surface area contributed by atoms with Crippen LogP contribution in [0.1, 0.15) is 10.4 Å². The molecular formula is C16H13BrO4S. The molecule has 3 rings (SSSR count). The van der Waals surface area contributed by atoms with E-state index in [9.17, 15) is 4.79 Å². The Morgan fingerprint density at radius 3 is 2.82 bits per heavy atom. The Hall–Kier alpha value is -1.79. The second-order valence-electron chi connectivity index (χ2n) is 4.54. The molecule has 0 radical (unpaired) electrons. The maximum Gasteiger partial charge on any atom is 0.331 e. The van der Waals surface area contributed by atoms with Gasteiger partial charge in [0.2, 0.25) is 0 Å². The van der Waals surface area contributed by atoms with E-state index in [0.29, 0.717) is 24.7 Å². The Morgan fingerprint density at radius 1 is 1.32 bits per heavy atom. The van der Waals surface area contributed by atoms with Gasteiger partial charge >= 0.3 is 5.97 Å². The molecule has 0 N–H and O–H groups in total. The molecule has 0 saturated heterocycles. The van der Waals surface area contributed by atoms with E-state index in [4.69, 9.17) is 14.2 Å². The first-order chi connectivity index (χ1) is 10.7. The van der Waals surface area contributed by atoms with Crippen molar-refractivity contribution in [1.29, 1.82) is 0 Å². The summed E-state index contributed by atoms with van der Waals surface area (Å²) < 4.78 is 17.1. The van der Waals surface area contributed by atoms with Gasteiger partial charge in [0.05, 0.1) is 0 Å². The predicted molar refractivity (Wildman–Crippen MR) is 88.3 cm³/mol. The number of esters is 1. The maximum absolute atomic E-state index is 11.7. The highest BCUT2D eigenvalue weighted by Gasteiger charge is 2.15. The van der Waals surface area contributed by atoms with Gasteiger partial charge in [-0.05, 0) is 29.7 Å². The van der Waals surface area contributed by atoms with Crippen molar-refractivity contribution in [2.75, 3.05) is 13.2 Å².